The van der Waals surface area contributed by atoms with Crippen molar-refractivity contribution < 1.29 is 0 Å². The number of anilines is 6. The molecular formula is C51H54N2Si2. The van der Waals surface area contributed by atoms with E-state index in [4.69, 9.17) is 0 Å². The van der Waals surface area contributed by atoms with E-state index in [1.54, 1.807) is 0 Å². The first kappa shape index (κ1) is 36.8. The molecule has 0 bridgehead atoms. The minimum absolute atomic E-state index is 0.172. The predicted octanol–water partition coefficient (Wildman–Crippen LogP) is 13.8. The van der Waals surface area contributed by atoms with Gasteiger partial charge in [0.2, 0.25) is 0 Å². The lowest BCUT2D eigenvalue weighted by Crippen LogP contribution is -2.37. The molecule has 7 aromatic carbocycles. The van der Waals surface area contributed by atoms with Gasteiger partial charge in [0.05, 0.1) is 16.1 Å². The number of rotatable bonds is 8. The first-order chi connectivity index (χ1) is 26.1. The highest BCUT2D eigenvalue weighted by molar-refractivity contribution is 6.89. The van der Waals surface area contributed by atoms with Crippen LogP contribution in [0.4, 0.5) is 34.1 Å². The summed E-state index contributed by atoms with van der Waals surface area (Å²) >= 11 is 0. The zero-order valence-electron chi connectivity index (χ0n) is 34.3. The van der Waals surface area contributed by atoms with Crippen molar-refractivity contribution >= 4 is 71.4 Å². The second-order valence-corrected chi connectivity index (χ2v) is 28.4. The third-order valence-corrected chi connectivity index (χ3v) is 15.8. The standard InChI is InChI=1S/C51H54N2Si2/c1-35-11-16-39(17-12-35)52(41-21-26-45(27-22-41)54(5,6)7)43-20-15-37-32-48-47-30-25-44(34-50(47)51(3,4)49(48)33-38(37)31-43)53(40-18-13-36(2)14-19-40)42-23-28-46(29-24-42)55(8,9)10/h11-34H,1-10H3. The summed E-state index contributed by atoms with van der Waals surface area (Å²) in [5.41, 5.74) is 14.8. The first-order valence-corrected chi connectivity index (χ1v) is 26.8. The maximum absolute atomic E-state index is 2.46. The van der Waals surface area contributed by atoms with E-state index in [9.17, 15) is 0 Å². The zero-order chi connectivity index (χ0) is 38.9. The molecule has 0 unspecified atom stereocenters. The van der Waals surface area contributed by atoms with Gasteiger partial charge >= 0.3 is 0 Å². The molecule has 0 saturated heterocycles. The average Bonchev–Trinajstić information content (AvgIpc) is 3.37. The summed E-state index contributed by atoms with van der Waals surface area (Å²) in [4.78, 5) is 4.83. The third kappa shape index (κ3) is 6.87. The molecule has 4 heteroatoms. The van der Waals surface area contributed by atoms with Gasteiger partial charge in [-0.05, 0) is 132 Å². The van der Waals surface area contributed by atoms with Crippen LogP contribution in [-0.2, 0) is 5.41 Å². The van der Waals surface area contributed by atoms with Crippen molar-refractivity contribution in [2.24, 2.45) is 0 Å². The molecule has 0 heterocycles. The van der Waals surface area contributed by atoms with Gasteiger partial charge in [0, 0.05) is 39.5 Å². The molecule has 0 N–H and O–H groups in total. The van der Waals surface area contributed by atoms with E-state index >= 15 is 0 Å². The lowest BCUT2D eigenvalue weighted by atomic mass is 9.81. The van der Waals surface area contributed by atoms with Gasteiger partial charge in [-0.15, -0.1) is 0 Å². The zero-order valence-corrected chi connectivity index (χ0v) is 36.3. The number of fused-ring (bicyclic) bond motifs is 4. The van der Waals surface area contributed by atoms with Gasteiger partial charge in [0.15, 0.2) is 0 Å². The van der Waals surface area contributed by atoms with Crippen molar-refractivity contribution in [3.8, 4) is 11.1 Å². The van der Waals surface area contributed by atoms with Crippen molar-refractivity contribution in [2.75, 3.05) is 9.80 Å². The van der Waals surface area contributed by atoms with Crippen molar-refractivity contribution in [3.63, 3.8) is 0 Å². The smallest absolute Gasteiger partial charge is 0.0775 e. The summed E-state index contributed by atoms with van der Waals surface area (Å²) in [5.74, 6) is 0. The minimum Gasteiger partial charge on any atom is -0.310 e. The van der Waals surface area contributed by atoms with Crippen LogP contribution in [0.25, 0.3) is 21.9 Å². The fourth-order valence-electron chi connectivity index (χ4n) is 8.24. The van der Waals surface area contributed by atoms with E-state index in [0.717, 1.165) is 0 Å². The van der Waals surface area contributed by atoms with Gasteiger partial charge in [-0.25, -0.2) is 0 Å². The SMILES string of the molecule is Cc1ccc(N(c2ccc([Si](C)(C)C)cc2)c2ccc3c(c2)C(C)(C)c2cc4cc(N(c5ccc(C)cc5)c5ccc([Si](C)(C)C)cc5)ccc4cc2-3)cc1. The normalized spacial score (nSPS) is 13.4. The molecule has 0 aliphatic heterocycles. The number of benzene rings is 7. The van der Waals surface area contributed by atoms with Crippen molar-refractivity contribution in [1.82, 2.24) is 0 Å². The second-order valence-electron chi connectivity index (χ2n) is 18.2. The van der Waals surface area contributed by atoms with E-state index in [-0.39, 0.29) is 5.41 Å². The topological polar surface area (TPSA) is 6.48 Å². The summed E-state index contributed by atoms with van der Waals surface area (Å²) < 4.78 is 0. The molecule has 0 spiro atoms. The molecule has 2 nitrogen and oxygen atoms in total. The van der Waals surface area contributed by atoms with Crippen LogP contribution in [0.1, 0.15) is 36.1 Å². The molecule has 0 aromatic heterocycles. The Morgan fingerprint density at radius 3 is 1.20 bits per heavy atom. The molecule has 1 aliphatic carbocycles. The fraction of sp³-hybridized carbons (Fsp3) is 0.216. The minimum atomic E-state index is -1.42. The van der Waals surface area contributed by atoms with Crippen LogP contribution < -0.4 is 20.2 Å². The molecule has 1 aliphatic rings. The van der Waals surface area contributed by atoms with E-state index < -0.39 is 16.1 Å². The summed E-state index contributed by atoms with van der Waals surface area (Å²) in [6.45, 7) is 23.6. The van der Waals surface area contributed by atoms with Gasteiger partial charge in [-0.2, -0.15) is 0 Å². The molecule has 7 aromatic rings. The molecule has 0 saturated carbocycles. The first-order valence-electron chi connectivity index (χ1n) is 19.8. The van der Waals surface area contributed by atoms with Crippen molar-refractivity contribution in [3.05, 3.63) is 168 Å². The Bertz CT molecular complexity index is 2520. The van der Waals surface area contributed by atoms with Crippen LogP contribution >= 0.6 is 0 Å². The maximum Gasteiger partial charge on any atom is 0.0775 e. The average molecular weight is 751 g/mol. The predicted molar refractivity (Wildman–Crippen MR) is 246 cm³/mol. The largest absolute Gasteiger partial charge is 0.310 e. The fourth-order valence-corrected chi connectivity index (χ4v) is 10.6. The van der Waals surface area contributed by atoms with E-state index in [1.165, 1.54) is 88.7 Å². The highest BCUT2D eigenvalue weighted by atomic mass is 28.3. The molecule has 276 valence electrons. The van der Waals surface area contributed by atoms with Crippen LogP contribution in [0.3, 0.4) is 0 Å². The quantitative estimate of drug-likeness (QED) is 0.143. The highest BCUT2D eigenvalue weighted by Gasteiger charge is 2.36. The molecular weight excluding hydrogens is 697 g/mol. The lowest BCUT2D eigenvalue weighted by Gasteiger charge is -2.29. The molecule has 0 amide bonds. The number of hydrogen-bond donors (Lipinski definition) is 0. The number of aryl methyl sites for hydroxylation is 2. The van der Waals surface area contributed by atoms with Gasteiger partial charge < -0.3 is 9.80 Å². The second kappa shape index (κ2) is 13.5. The van der Waals surface area contributed by atoms with Gasteiger partial charge in [-0.3, -0.25) is 0 Å². The lowest BCUT2D eigenvalue weighted by molar-refractivity contribution is 0.661. The van der Waals surface area contributed by atoms with Crippen LogP contribution in [0, 0.1) is 13.8 Å². The van der Waals surface area contributed by atoms with Crippen LogP contribution in [0.5, 0.6) is 0 Å². The molecule has 8 rings (SSSR count). The highest BCUT2D eigenvalue weighted by Crippen LogP contribution is 2.52. The number of nitrogens with zero attached hydrogens (tertiary/aromatic N) is 2. The molecule has 0 fully saturated rings. The Hall–Kier alpha value is -5.17. The summed E-state index contributed by atoms with van der Waals surface area (Å²) in [7, 11) is -2.84. The number of hydrogen-bond acceptors (Lipinski definition) is 2. The van der Waals surface area contributed by atoms with Gasteiger partial charge in [0.1, 0.15) is 0 Å². The van der Waals surface area contributed by atoms with Crippen LogP contribution in [0.2, 0.25) is 39.3 Å². The van der Waals surface area contributed by atoms with Crippen LogP contribution in [0.15, 0.2) is 146 Å². The Morgan fingerprint density at radius 1 is 0.364 bits per heavy atom. The molecule has 0 radical (unpaired) electrons. The maximum atomic E-state index is 2.46. The molecule has 55 heavy (non-hydrogen) atoms. The Labute approximate surface area is 331 Å². The third-order valence-electron chi connectivity index (χ3n) is 11.7. The van der Waals surface area contributed by atoms with Crippen molar-refractivity contribution in [2.45, 2.75) is 72.4 Å². The summed E-state index contributed by atoms with van der Waals surface area (Å²) in [6.07, 6.45) is 0. The van der Waals surface area contributed by atoms with E-state index in [1.807, 2.05) is 0 Å². The van der Waals surface area contributed by atoms with Crippen molar-refractivity contribution in [1.29, 1.82) is 0 Å². The Morgan fingerprint density at radius 2 is 0.745 bits per heavy atom. The van der Waals surface area contributed by atoms with E-state index in [2.05, 4.69) is 222 Å². The van der Waals surface area contributed by atoms with Gasteiger partial charge in [0.25, 0.3) is 0 Å². The van der Waals surface area contributed by atoms with Gasteiger partial charge in [-0.1, -0.05) is 135 Å². The monoisotopic (exact) mass is 750 g/mol. The summed E-state index contributed by atoms with van der Waals surface area (Å²) in [5, 5.41) is 5.47. The Kier molecular flexibility index (Phi) is 9.06. The Balaban J connectivity index is 1.21. The molecule has 0 atom stereocenters. The van der Waals surface area contributed by atoms with Crippen LogP contribution in [-0.4, -0.2) is 16.1 Å². The van der Waals surface area contributed by atoms with E-state index in [0.29, 0.717) is 0 Å². The summed E-state index contributed by atoms with van der Waals surface area (Å²) in [6, 6.07) is 55.4.